The molecule has 0 aliphatic heterocycles. The van der Waals surface area contributed by atoms with E-state index in [0.717, 1.165) is 18.7 Å². The maximum absolute atomic E-state index is 4.56. The maximum atomic E-state index is 4.56. The summed E-state index contributed by atoms with van der Waals surface area (Å²) in [7, 11) is 0. The van der Waals surface area contributed by atoms with E-state index in [2.05, 4.69) is 79.0 Å². The Morgan fingerprint density at radius 3 is 2.50 bits per heavy atom. The molecule has 0 aliphatic rings. The number of hydrogen-bond donors (Lipinski definition) is 0. The molecule has 0 atom stereocenters. The first-order chi connectivity index (χ1) is 10.6. The smallest absolute Gasteiger partial charge is 0.0952 e. The Morgan fingerprint density at radius 1 is 0.955 bits per heavy atom. The Kier molecular flexibility index (Phi) is 4.10. The van der Waals surface area contributed by atoms with Gasteiger partial charge in [0.05, 0.1) is 12.0 Å². The van der Waals surface area contributed by atoms with E-state index >= 15 is 0 Å². The van der Waals surface area contributed by atoms with Gasteiger partial charge in [-0.05, 0) is 43.0 Å². The van der Waals surface area contributed by atoms with Gasteiger partial charge in [-0.2, -0.15) is 0 Å². The molecule has 0 saturated carbocycles. The summed E-state index contributed by atoms with van der Waals surface area (Å²) in [6.07, 6.45) is 4.98. The molecule has 1 heterocycles. The highest BCUT2D eigenvalue weighted by Crippen LogP contribution is 2.16. The Bertz CT molecular complexity index is 767. The molecular weight excluding hydrogens is 268 g/mol. The quantitative estimate of drug-likeness (QED) is 0.694. The monoisotopic (exact) mass is 290 g/mol. The standard InChI is InChI=1S/C20H22N2/c1-15-7-9-18(10-8-15)12-22-13-20(21-14-22)11-19-6-4-5-16(2)17(19)3/h4-10,13-14H,11-12H2,1-3H3. The minimum atomic E-state index is 0.875. The first-order valence-corrected chi connectivity index (χ1v) is 7.73. The first kappa shape index (κ1) is 14.6. The van der Waals surface area contributed by atoms with E-state index in [-0.39, 0.29) is 0 Å². The Morgan fingerprint density at radius 2 is 1.73 bits per heavy atom. The largest absolute Gasteiger partial charge is 0.333 e. The number of nitrogens with zero attached hydrogens (tertiary/aromatic N) is 2. The summed E-state index contributed by atoms with van der Waals surface area (Å²) < 4.78 is 2.16. The van der Waals surface area contributed by atoms with E-state index in [1.54, 1.807) is 0 Å². The molecule has 22 heavy (non-hydrogen) atoms. The van der Waals surface area contributed by atoms with Crippen molar-refractivity contribution in [2.24, 2.45) is 0 Å². The Hall–Kier alpha value is -2.35. The Balaban J connectivity index is 1.73. The van der Waals surface area contributed by atoms with Gasteiger partial charge in [0.25, 0.3) is 0 Å². The minimum absolute atomic E-state index is 0.875. The van der Waals surface area contributed by atoms with Crippen LogP contribution in [-0.2, 0) is 13.0 Å². The van der Waals surface area contributed by atoms with Gasteiger partial charge >= 0.3 is 0 Å². The van der Waals surface area contributed by atoms with Gasteiger partial charge in [0.2, 0.25) is 0 Å². The molecule has 2 aromatic carbocycles. The molecule has 0 aliphatic carbocycles. The van der Waals surface area contributed by atoms with Gasteiger partial charge in [-0.25, -0.2) is 4.98 Å². The van der Waals surface area contributed by atoms with Crippen LogP contribution in [0, 0.1) is 20.8 Å². The van der Waals surface area contributed by atoms with Crippen LogP contribution in [-0.4, -0.2) is 9.55 Å². The van der Waals surface area contributed by atoms with Crippen molar-refractivity contribution in [2.75, 3.05) is 0 Å². The normalized spacial score (nSPS) is 10.9. The van der Waals surface area contributed by atoms with Crippen molar-refractivity contribution >= 4 is 0 Å². The van der Waals surface area contributed by atoms with Gasteiger partial charge < -0.3 is 4.57 Å². The van der Waals surface area contributed by atoms with Crippen LogP contribution >= 0.6 is 0 Å². The molecule has 112 valence electrons. The fourth-order valence-corrected chi connectivity index (χ4v) is 2.69. The van der Waals surface area contributed by atoms with Gasteiger partial charge in [-0.1, -0.05) is 48.0 Å². The van der Waals surface area contributed by atoms with Crippen molar-refractivity contribution in [2.45, 2.75) is 33.7 Å². The molecule has 1 aromatic heterocycles. The minimum Gasteiger partial charge on any atom is -0.333 e. The van der Waals surface area contributed by atoms with Crippen LogP contribution in [0.15, 0.2) is 55.0 Å². The van der Waals surface area contributed by atoms with Crippen molar-refractivity contribution in [3.8, 4) is 0 Å². The highest BCUT2D eigenvalue weighted by molar-refractivity contribution is 5.35. The van der Waals surface area contributed by atoms with Gasteiger partial charge in [0, 0.05) is 19.2 Å². The molecule has 3 aromatic rings. The molecular formula is C20H22N2. The molecule has 2 heteroatoms. The molecule has 0 unspecified atom stereocenters. The van der Waals surface area contributed by atoms with Gasteiger partial charge in [0.1, 0.15) is 0 Å². The molecule has 0 fully saturated rings. The summed E-state index contributed by atoms with van der Waals surface area (Å²) >= 11 is 0. The summed E-state index contributed by atoms with van der Waals surface area (Å²) in [4.78, 5) is 4.56. The second-order valence-corrected chi connectivity index (χ2v) is 6.06. The SMILES string of the molecule is Cc1ccc(Cn2cnc(Cc3cccc(C)c3C)c2)cc1. The topological polar surface area (TPSA) is 17.8 Å². The van der Waals surface area contributed by atoms with Crippen LogP contribution in [0.25, 0.3) is 0 Å². The second kappa shape index (κ2) is 6.18. The first-order valence-electron chi connectivity index (χ1n) is 7.73. The fraction of sp³-hybridized carbons (Fsp3) is 0.250. The van der Waals surface area contributed by atoms with Crippen LogP contribution in [0.1, 0.15) is 33.5 Å². The summed E-state index contributed by atoms with van der Waals surface area (Å²) in [5.74, 6) is 0. The lowest BCUT2D eigenvalue weighted by Gasteiger charge is -2.06. The summed E-state index contributed by atoms with van der Waals surface area (Å²) in [5, 5.41) is 0. The summed E-state index contributed by atoms with van der Waals surface area (Å²) in [6.45, 7) is 7.34. The zero-order valence-corrected chi connectivity index (χ0v) is 13.5. The zero-order valence-electron chi connectivity index (χ0n) is 13.5. The van der Waals surface area contributed by atoms with Crippen molar-refractivity contribution in [3.05, 3.63) is 88.5 Å². The number of aryl methyl sites for hydroxylation is 2. The van der Waals surface area contributed by atoms with Crippen molar-refractivity contribution in [1.82, 2.24) is 9.55 Å². The van der Waals surface area contributed by atoms with Crippen LogP contribution in [0.5, 0.6) is 0 Å². The third-order valence-corrected chi connectivity index (χ3v) is 4.26. The van der Waals surface area contributed by atoms with Crippen molar-refractivity contribution in [3.63, 3.8) is 0 Å². The number of hydrogen-bond acceptors (Lipinski definition) is 1. The van der Waals surface area contributed by atoms with Crippen LogP contribution in [0.4, 0.5) is 0 Å². The number of aromatic nitrogens is 2. The molecule has 0 spiro atoms. The van der Waals surface area contributed by atoms with E-state index in [1.807, 2.05) is 6.33 Å². The molecule has 3 rings (SSSR count). The van der Waals surface area contributed by atoms with E-state index in [9.17, 15) is 0 Å². The third-order valence-electron chi connectivity index (χ3n) is 4.26. The number of rotatable bonds is 4. The van der Waals surface area contributed by atoms with E-state index < -0.39 is 0 Å². The molecule has 0 N–H and O–H groups in total. The highest BCUT2D eigenvalue weighted by atomic mass is 15.0. The zero-order chi connectivity index (χ0) is 15.5. The maximum Gasteiger partial charge on any atom is 0.0952 e. The lowest BCUT2D eigenvalue weighted by atomic mass is 10.00. The lowest BCUT2D eigenvalue weighted by molar-refractivity contribution is 0.796. The van der Waals surface area contributed by atoms with E-state index in [0.29, 0.717) is 0 Å². The average Bonchev–Trinajstić information content (AvgIpc) is 2.94. The van der Waals surface area contributed by atoms with E-state index in [1.165, 1.54) is 27.8 Å². The van der Waals surface area contributed by atoms with Crippen LogP contribution in [0.3, 0.4) is 0 Å². The number of benzene rings is 2. The number of imidazole rings is 1. The molecule has 0 radical (unpaired) electrons. The lowest BCUT2D eigenvalue weighted by Crippen LogP contribution is -1.97. The predicted molar refractivity (Wildman–Crippen MR) is 91.2 cm³/mol. The Labute approximate surface area is 132 Å². The van der Waals surface area contributed by atoms with Crippen molar-refractivity contribution < 1.29 is 0 Å². The highest BCUT2D eigenvalue weighted by Gasteiger charge is 2.05. The molecule has 2 nitrogen and oxygen atoms in total. The summed E-state index contributed by atoms with van der Waals surface area (Å²) in [6, 6.07) is 15.2. The van der Waals surface area contributed by atoms with Gasteiger partial charge in [-0.15, -0.1) is 0 Å². The van der Waals surface area contributed by atoms with Gasteiger partial charge in [0.15, 0.2) is 0 Å². The van der Waals surface area contributed by atoms with E-state index in [4.69, 9.17) is 0 Å². The predicted octanol–water partition coefficient (Wildman–Crippen LogP) is 4.45. The molecule has 0 amide bonds. The fourth-order valence-electron chi connectivity index (χ4n) is 2.69. The van der Waals surface area contributed by atoms with Crippen LogP contribution in [0.2, 0.25) is 0 Å². The molecule has 0 bridgehead atoms. The third kappa shape index (κ3) is 3.28. The van der Waals surface area contributed by atoms with Crippen LogP contribution < -0.4 is 0 Å². The molecule has 0 saturated heterocycles. The van der Waals surface area contributed by atoms with Crippen molar-refractivity contribution in [1.29, 1.82) is 0 Å². The summed E-state index contributed by atoms with van der Waals surface area (Å²) in [5.41, 5.74) is 7.81. The average molecular weight is 290 g/mol. The van der Waals surface area contributed by atoms with Gasteiger partial charge in [-0.3, -0.25) is 0 Å². The second-order valence-electron chi connectivity index (χ2n) is 6.06.